The lowest BCUT2D eigenvalue weighted by atomic mass is 9.99. The van der Waals surface area contributed by atoms with E-state index in [1.54, 1.807) is 25.1 Å². The van der Waals surface area contributed by atoms with Crippen molar-refractivity contribution in [2.24, 2.45) is 5.92 Å². The molecule has 6 heteroatoms. The Balaban J connectivity index is 3.06. The first-order valence-electron chi connectivity index (χ1n) is 6.70. The molecule has 0 fully saturated rings. The van der Waals surface area contributed by atoms with Crippen molar-refractivity contribution in [2.75, 3.05) is 14.2 Å². The summed E-state index contributed by atoms with van der Waals surface area (Å²) < 4.78 is 10.3. The summed E-state index contributed by atoms with van der Waals surface area (Å²) in [6, 6.07) is 3.93. The van der Waals surface area contributed by atoms with E-state index < -0.39 is 17.9 Å². The monoisotopic (exact) mass is 295 g/mol. The summed E-state index contributed by atoms with van der Waals surface area (Å²) >= 11 is 0. The zero-order valence-corrected chi connectivity index (χ0v) is 12.7. The van der Waals surface area contributed by atoms with Crippen LogP contribution in [0.1, 0.15) is 30.6 Å². The SMILES string of the molecule is CCC(C)[C@H](NC(=O)c1cccc(OC)c1OC)C(=O)O. The Bertz CT molecular complexity index is 515. The van der Waals surface area contributed by atoms with Crippen molar-refractivity contribution in [3.63, 3.8) is 0 Å². The molecule has 0 aliphatic heterocycles. The minimum Gasteiger partial charge on any atom is -0.493 e. The average Bonchev–Trinajstić information content (AvgIpc) is 2.50. The number of nitrogens with one attached hydrogen (secondary N) is 1. The van der Waals surface area contributed by atoms with Gasteiger partial charge in [-0.2, -0.15) is 0 Å². The van der Waals surface area contributed by atoms with Gasteiger partial charge in [0.05, 0.1) is 19.8 Å². The number of methoxy groups -OCH3 is 2. The van der Waals surface area contributed by atoms with Gasteiger partial charge in [-0.25, -0.2) is 4.79 Å². The van der Waals surface area contributed by atoms with Crippen LogP contribution < -0.4 is 14.8 Å². The van der Waals surface area contributed by atoms with Crippen LogP contribution in [0.4, 0.5) is 0 Å². The van der Waals surface area contributed by atoms with Gasteiger partial charge in [-0.1, -0.05) is 26.3 Å². The topological polar surface area (TPSA) is 84.9 Å². The lowest BCUT2D eigenvalue weighted by Gasteiger charge is -2.21. The van der Waals surface area contributed by atoms with Gasteiger partial charge in [0.1, 0.15) is 6.04 Å². The molecule has 2 atom stereocenters. The average molecular weight is 295 g/mol. The maximum atomic E-state index is 12.3. The van der Waals surface area contributed by atoms with Gasteiger partial charge in [0.25, 0.3) is 5.91 Å². The summed E-state index contributed by atoms with van der Waals surface area (Å²) in [5, 5.41) is 11.8. The van der Waals surface area contributed by atoms with Gasteiger partial charge in [0, 0.05) is 0 Å². The quantitative estimate of drug-likeness (QED) is 0.803. The second kappa shape index (κ2) is 7.52. The Labute approximate surface area is 124 Å². The number of rotatable bonds is 7. The molecule has 0 bridgehead atoms. The number of aliphatic carboxylic acids is 1. The molecule has 0 aliphatic carbocycles. The molecule has 0 aromatic heterocycles. The summed E-state index contributed by atoms with van der Waals surface area (Å²) in [5.41, 5.74) is 0.242. The molecule has 0 radical (unpaired) electrons. The minimum atomic E-state index is -1.06. The minimum absolute atomic E-state index is 0.178. The molecule has 1 rings (SSSR count). The highest BCUT2D eigenvalue weighted by Gasteiger charge is 2.27. The Kier molecular flexibility index (Phi) is 6.02. The highest BCUT2D eigenvalue weighted by atomic mass is 16.5. The van der Waals surface area contributed by atoms with E-state index in [0.717, 1.165) is 0 Å². The van der Waals surface area contributed by atoms with Crippen LogP contribution in [0.15, 0.2) is 18.2 Å². The van der Waals surface area contributed by atoms with Gasteiger partial charge >= 0.3 is 5.97 Å². The fraction of sp³-hybridized carbons (Fsp3) is 0.467. The zero-order valence-electron chi connectivity index (χ0n) is 12.7. The maximum absolute atomic E-state index is 12.3. The molecule has 116 valence electrons. The van der Waals surface area contributed by atoms with Gasteiger partial charge in [-0.05, 0) is 18.1 Å². The normalized spacial score (nSPS) is 13.1. The molecule has 1 aromatic carbocycles. The van der Waals surface area contributed by atoms with Gasteiger partial charge in [-0.15, -0.1) is 0 Å². The molecule has 0 aliphatic rings. The lowest BCUT2D eigenvalue weighted by Crippen LogP contribution is -2.45. The summed E-state index contributed by atoms with van der Waals surface area (Å²) in [7, 11) is 2.90. The summed E-state index contributed by atoms with van der Waals surface area (Å²) in [6.45, 7) is 3.65. The Morgan fingerprint density at radius 1 is 1.29 bits per heavy atom. The molecule has 2 N–H and O–H groups in total. The highest BCUT2D eigenvalue weighted by molar-refractivity contribution is 5.99. The molecule has 6 nitrogen and oxygen atoms in total. The second-order valence-electron chi connectivity index (χ2n) is 4.72. The van der Waals surface area contributed by atoms with E-state index in [0.29, 0.717) is 12.2 Å². The number of para-hydroxylation sites is 1. The van der Waals surface area contributed by atoms with Crippen LogP contribution in [0.5, 0.6) is 11.5 Å². The van der Waals surface area contributed by atoms with Crippen LogP contribution in [-0.4, -0.2) is 37.2 Å². The van der Waals surface area contributed by atoms with Crippen molar-refractivity contribution in [2.45, 2.75) is 26.3 Å². The van der Waals surface area contributed by atoms with Crippen LogP contribution in [0.3, 0.4) is 0 Å². The first kappa shape index (κ1) is 16.8. The van der Waals surface area contributed by atoms with Gasteiger partial charge in [0.15, 0.2) is 11.5 Å². The molecule has 1 amide bonds. The Morgan fingerprint density at radius 3 is 2.43 bits per heavy atom. The third-order valence-electron chi connectivity index (χ3n) is 3.41. The molecule has 0 heterocycles. The summed E-state index contributed by atoms with van der Waals surface area (Å²) in [5.74, 6) is -1.03. The van der Waals surface area contributed by atoms with Gasteiger partial charge in [0.2, 0.25) is 0 Å². The predicted molar refractivity (Wildman–Crippen MR) is 77.9 cm³/mol. The van der Waals surface area contributed by atoms with E-state index in [9.17, 15) is 14.7 Å². The molecule has 1 aromatic rings. The predicted octanol–water partition coefficient (Wildman–Crippen LogP) is 1.93. The zero-order chi connectivity index (χ0) is 16.0. The summed E-state index contributed by atoms with van der Waals surface area (Å²) in [6.07, 6.45) is 0.645. The van der Waals surface area contributed by atoms with Crippen LogP contribution >= 0.6 is 0 Å². The molecule has 0 saturated heterocycles. The largest absolute Gasteiger partial charge is 0.493 e. The number of carboxylic acid groups (broad SMARTS) is 1. The smallest absolute Gasteiger partial charge is 0.326 e. The fourth-order valence-corrected chi connectivity index (χ4v) is 1.97. The van der Waals surface area contributed by atoms with Crippen LogP contribution in [0.2, 0.25) is 0 Å². The van der Waals surface area contributed by atoms with E-state index in [1.165, 1.54) is 14.2 Å². The molecule has 1 unspecified atom stereocenters. The number of ether oxygens (including phenoxy) is 2. The third-order valence-corrected chi connectivity index (χ3v) is 3.41. The molecular weight excluding hydrogens is 274 g/mol. The first-order chi connectivity index (χ1) is 9.96. The number of amides is 1. The van der Waals surface area contributed by atoms with Crippen LogP contribution in [-0.2, 0) is 4.79 Å². The number of hydrogen-bond acceptors (Lipinski definition) is 4. The van der Waals surface area contributed by atoms with E-state index in [-0.39, 0.29) is 17.2 Å². The van der Waals surface area contributed by atoms with Crippen molar-refractivity contribution in [1.82, 2.24) is 5.32 Å². The number of carboxylic acids is 1. The highest BCUT2D eigenvalue weighted by Crippen LogP contribution is 2.30. The number of carbonyl (C=O) groups is 2. The van der Waals surface area contributed by atoms with Crippen molar-refractivity contribution in [3.8, 4) is 11.5 Å². The van der Waals surface area contributed by atoms with Gasteiger partial charge < -0.3 is 19.9 Å². The fourth-order valence-electron chi connectivity index (χ4n) is 1.97. The van der Waals surface area contributed by atoms with Crippen molar-refractivity contribution in [1.29, 1.82) is 0 Å². The Morgan fingerprint density at radius 2 is 1.95 bits per heavy atom. The lowest BCUT2D eigenvalue weighted by molar-refractivity contribution is -0.140. The van der Waals surface area contributed by atoms with E-state index in [2.05, 4.69) is 5.32 Å². The van der Waals surface area contributed by atoms with Crippen LogP contribution in [0, 0.1) is 5.92 Å². The van der Waals surface area contributed by atoms with Crippen molar-refractivity contribution < 1.29 is 24.2 Å². The Hall–Kier alpha value is -2.24. The standard InChI is InChI=1S/C15H21NO5/c1-5-9(2)12(15(18)19)16-14(17)10-7-6-8-11(20-3)13(10)21-4/h6-9,12H,5H2,1-4H3,(H,16,17)(H,18,19)/t9?,12-/m0/s1. The van der Waals surface area contributed by atoms with Crippen molar-refractivity contribution in [3.05, 3.63) is 23.8 Å². The van der Waals surface area contributed by atoms with Crippen molar-refractivity contribution >= 4 is 11.9 Å². The second-order valence-corrected chi connectivity index (χ2v) is 4.72. The van der Waals surface area contributed by atoms with Gasteiger partial charge in [-0.3, -0.25) is 4.79 Å². The van der Waals surface area contributed by atoms with E-state index in [1.807, 2.05) is 6.92 Å². The molecular formula is C15H21NO5. The molecule has 21 heavy (non-hydrogen) atoms. The molecule has 0 saturated carbocycles. The van der Waals surface area contributed by atoms with E-state index >= 15 is 0 Å². The number of carbonyl (C=O) groups excluding carboxylic acids is 1. The maximum Gasteiger partial charge on any atom is 0.326 e. The summed E-state index contributed by atoms with van der Waals surface area (Å²) in [4.78, 5) is 23.6. The molecule has 0 spiro atoms. The number of benzene rings is 1. The van der Waals surface area contributed by atoms with Crippen LogP contribution in [0.25, 0.3) is 0 Å². The number of hydrogen-bond donors (Lipinski definition) is 2. The first-order valence-corrected chi connectivity index (χ1v) is 6.70. The third kappa shape index (κ3) is 3.87. The van der Waals surface area contributed by atoms with E-state index in [4.69, 9.17) is 9.47 Å².